The summed E-state index contributed by atoms with van der Waals surface area (Å²) in [6, 6.07) is 15.0. The molecule has 2 saturated heterocycles. The normalized spacial score (nSPS) is 18.0. The van der Waals surface area contributed by atoms with Crippen LogP contribution in [0.5, 0.6) is 0 Å². The first kappa shape index (κ1) is 23.4. The standard InChI is InChI=1S/C26H39N7/c1-23-8-7-9-24(22-23)31-16-14-30(15-17-31)13-6-5-12-29-26(27-2)33-20-18-32(19-21-33)25-10-3-4-11-28-25/h3-4,7-11,22H,5-6,12-21H2,1-2H3,(H,27,29). The van der Waals surface area contributed by atoms with E-state index in [4.69, 9.17) is 0 Å². The molecule has 1 aromatic heterocycles. The van der Waals surface area contributed by atoms with Crippen molar-refractivity contribution in [2.24, 2.45) is 4.99 Å². The van der Waals surface area contributed by atoms with Crippen molar-refractivity contribution in [2.45, 2.75) is 19.8 Å². The van der Waals surface area contributed by atoms with Crippen LogP contribution in [0.15, 0.2) is 53.7 Å². The number of nitrogens with zero attached hydrogens (tertiary/aromatic N) is 6. The van der Waals surface area contributed by atoms with Gasteiger partial charge in [-0.05, 0) is 56.1 Å². The van der Waals surface area contributed by atoms with Gasteiger partial charge in [-0.1, -0.05) is 18.2 Å². The van der Waals surface area contributed by atoms with Gasteiger partial charge in [0, 0.05) is 77.8 Å². The maximum Gasteiger partial charge on any atom is 0.193 e. The minimum Gasteiger partial charge on any atom is -0.369 e. The van der Waals surface area contributed by atoms with Crippen LogP contribution in [0.1, 0.15) is 18.4 Å². The summed E-state index contributed by atoms with van der Waals surface area (Å²) in [7, 11) is 1.89. The Morgan fingerprint density at radius 1 is 0.909 bits per heavy atom. The van der Waals surface area contributed by atoms with E-state index >= 15 is 0 Å². The monoisotopic (exact) mass is 449 g/mol. The Kier molecular flexibility index (Phi) is 8.41. The lowest BCUT2D eigenvalue weighted by Crippen LogP contribution is -2.52. The van der Waals surface area contributed by atoms with Crippen molar-refractivity contribution in [2.75, 3.05) is 82.3 Å². The topological polar surface area (TPSA) is 50.2 Å². The summed E-state index contributed by atoms with van der Waals surface area (Å²) in [5.74, 6) is 2.10. The molecule has 4 rings (SSSR count). The first-order valence-electron chi connectivity index (χ1n) is 12.4. The Hall–Kier alpha value is -2.80. The molecule has 0 bridgehead atoms. The van der Waals surface area contributed by atoms with Gasteiger partial charge < -0.3 is 20.0 Å². The molecule has 0 aliphatic carbocycles. The van der Waals surface area contributed by atoms with E-state index in [0.29, 0.717) is 0 Å². The number of hydrogen-bond acceptors (Lipinski definition) is 5. The van der Waals surface area contributed by atoms with Crippen molar-refractivity contribution in [1.29, 1.82) is 0 Å². The fourth-order valence-electron chi connectivity index (χ4n) is 4.74. The van der Waals surface area contributed by atoms with Crippen molar-refractivity contribution >= 4 is 17.5 Å². The summed E-state index contributed by atoms with van der Waals surface area (Å²) < 4.78 is 0. The highest BCUT2D eigenvalue weighted by molar-refractivity contribution is 5.80. The summed E-state index contributed by atoms with van der Waals surface area (Å²) in [4.78, 5) is 18.8. The van der Waals surface area contributed by atoms with Crippen LogP contribution >= 0.6 is 0 Å². The fraction of sp³-hybridized carbons (Fsp3) is 0.538. The molecule has 2 aliphatic heterocycles. The summed E-state index contributed by atoms with van der Waals surface area (Å²) in [5, 5.41) is 3.58. The Balaban J connectivity index is 1.10. The molecular formula is C26H39N7. The number of benzene rings is 1. The van der Waals surface area contributed by atoms with Gasteiger partial charge in [-0.15, -0.1) is 0 Å². The Bertz CT molecular complexity index is 869. The third kappa shape index (κ3) is 6.60. The maximum atomic E-state index is 4.52. The predicted octanol–water partition coefficient (Wildman–Crippen LogP) is 2.69. The predicted molar refractivity (Wildman–Crippen MR) is 138 cm³/mol. The minimum atomic E-state index is 0.974. The number of aliphatic imine (C=N–C) groups is 1. The van der Waals surface area contributed by atoms with Crippen molar-refractivity contribution in [3.8, 4) is 0 Å². The Morgan fingerprint density at radius 3 is 2.39 bits per heavy atom. The van der Waals surface area contributed by atoms with Crippen molar-refractivity contribution in [3.05, 3.63) is 54.2 Å². The molecule has 2 aliphatic rings. The molecule has 7 heteroatoms. The molecular weight excluding hydrogens is 410 g/mol. The summed E-state index contributed by atoms with van der Waals surface area (Å²) >= 11 is 0. The third-order valence-corrected chi connectivity index (χ3v) is 6.69. The number of guanidine groups is 1. The van der Waals surface area contributed by atoms with Crippen LogP contribution in [0.25, 0.3) is 0 Å². The van der Waals surface area contributed by atoms with E-state index in [1.165, 1.54) is 30.6 Å². The largest absolute Gasteiger partial charge is 0.369 e. The molecule has 178 valence electrons. The molecule has 2 aromatic rings. The zero-order chi connectivity index (χ0) is 22.9. The van der Waals surface area contributed by atoms with Gasteiger partial charge in [-0.25, -0.2) is 4.98 Å². The highest BCUT2D eigenvalue weighted by Crippen LogP contribution is 2.18. The van der Waals surface area contributed by atoms with Crippen LogP contribution in [-0.2, 0) is 0 Å². The molecule has 0 amide bonds. The van der Waals surface area contributed by atoms with Crippen LogP contribution in [0.3, 0.4) is 0 Å². The van der Waals surface area contributed by atoms with Crippen LogP contribution in [-0.4, -0.2) is 93.2 Å². The number of unbranched alkanes of at least 4 members (excludes halogenated alkanes) is 1. The number of piperazine rings is 2. The second-order valence-electron chi connectivity index (χ2n) is 9.01. The van der Waals surface area contributed by atoms with Gasteiger partial charge in [-0.3, -0.25) is 9.89 Å². The smallest absolute Gasteiger partial charge is 0.193 e. The number of pyridine rings is 1. The van der Waals surface area contributed by atoms with E-state index in [-0.39, 0.29) is 0 Å². The molecule has 3 heterocycles. The highest BCUT2D eigenvalue weighted by Gasteiger charge is 2.20. The second kappa shape index (κ2) is 11.9. The van der Waals surface area contributed by atoms with Crippen LogP contribution in [0.2, 0.25) is 0 Å². The third-order valence-electron chi connectivity index (χ3n) is 6.69. The molecule has 0 unspecified atom stereocenters. The molecule has 1 aromatic carbocycles. The van der Waals surface area contributed by atoms with E-state index < -0.39 is 0 Å². The average Bonchev–Trinajstić information content (AvgIpc) is 2.87. The lowest BCUT2D eigenvalue weighted by atomic mass is 10.2. The van der Waals surface area contributed by atoms with Gasteiger partial charge in [0.2, 0.25) is 0 Å². The van der Waals surface area contributed by atoms with Gasteiger partial charge in [0.15, 0.2) is 5.96 Å². The molecule has 0 saturated carbocycles. The van der Waals surface area contributed by atoms with Crippen LogP contribution in [0.4, 0.5) is 11.5 Å². The number of aromatic nitrogens is 1. The maximum absolute atomic E-state index is 4.52. The van der Waals surface area contributed by atoms with Crippen LogP contribution in [0, 0.1) is 6.92 Å². The number of rotatable bonds is 7. The van der Waals surface area contributed by atoms with Gasteiger partial charge >= 0.3 is 0 Å². The van der Waals surface area contributed by atoms with E-state index in [1.807, 2.05) is 19.3 Å². The van der Waals surface area contributed by atoms with Crippen LogP contribution < -0.4 is 15.1 Å². The van der Waals surface area contributed by atoms with Crippen molar-refractivity contribution in [3.63, 3.8) is 0 Å². The molecule has 2 fully saturated rings. The van der Waals surface area contributed by atoms with E-state index in [0.717, 1.165) is 70.7 Å². The summed E-state index contributed by atoms with van der Waals surface area (Å²) in [5.41, 5.74) is 2.71. The molecule has 1 N–H and O–H groups in total. The Labute approximate surface area is 199 Å². The number of hydrogen-bond donors (Lipinski definition) is 1. The SMILES string of the molecule is CN=C(NCCCCN1CCN(c2cccc(C)c2)CC1)N1CCN(c2ccccn2)CC1. The summed E-state index contributed by atoms with van der Waals surface area (Å²) in [6.07, 6.45) is 4.26. The first-order valence-corrected chi connectivity index (χ1v) is 12.4. The van der Waals surface area contributed by atoms with E-state index in [2.05, 4.69) is 78.2 Å². The van der Waals surface area contributed by atoms with Crippen molar-refractivity contribution < 1.29 is 0 Å². The molecule has 0 spiro atoms. The zero-order valence-electron chi connectivity index (χ0n) is 20.3. The van der Waals surface area contributed by atoms with Gasteiger partial charge in [0.1, 0.15) is 5.82 Å². The molecule has 0 radical (unpaired) electrons. The number of aryl methyl sites for hydroxylation is 1. The Morgan fingerprint density at radius 2 is 1.70 bits per heavy atom. The number of nitrogens with one attached hydrogen (secondary N) is 1. The quantitative estimate of drug-likeness (QED) is 0.399. The fourth-order valence-corrected chi connectivity index (χ4v) is 4.74. The van der Waals surface area contributed by atoms with Crippen molar-refractivity contribution in [1.82, 2.24) is 20.1 Å². The van der Waals surface area contributed by atoms with Gasteiger partial charge in [0.25, 0.3) is 0 Å². The second-order valence-corrected chi connectivity index (χ2v) is 9.01. The average molecular weight is 450 g/mol. The number of anilines is 2. The molecule has 7 nitrogen and oxygen atoms in total. The molecule has 0 atom stereocenters. The first-order chi connectivity index (χ1) is 16.2. The van der Waals surface area contributed by atoms with Gasteiger partial charge in [-0.2, -0.15) is 0 Å². The minimum absolute atomic E-state index is 0.974. The van der Waals surface area contributed by atoms with E-state index in [9.17, 15) is 0 Å². The van der Waals surface area contributed by atoms with E-state index in [1.54, 1.807) is 0 Å². The molecule has 33 heavy (non-hydrogen) atoms. The summed E-state index contributed by atoms with van der Waals surface area (Å²) in [6.45, 7) is 12.8. The lowest BCUT2D eigenvalue weighted by Gasteiger charge is -2.37. The van der Waals surface area contributed by atoms with Gasteiger partial charge in [0.05, 0.1) is 0 Å². The lowest BCUT2D eigenvalue weighted by molar-refractivity contribution is 0.253. The highest BCUT2D eigenvalue weighted by atomic mass is 15.4. The zero-order valence-corrected chi connectivity index (χ0v) is 20.3.